The summed E-state index contributed by atoms with van der Waals surface area (Å²) in [7, 11) is 0. The zero-order valence-electron chi connectivity index (χ0n) is 11.7. The zero-order chi connectivity index (χ0) is 14.3. The minimum absolute atomic E-state index is 0.0543. The molecule has 0 aliphatic rings. The van der Waals surface area contributed by atoms with Crippen molar-refractivity contribution in [1.82, 2.24) is 5.32 Å². The van der Waals surface area contributed by atoms with Crippen molar-refractivity contribution in [2.75, 3.05) is 0 Å². The molecule has 0 bridgehead atoms. The summed E-state index contributed by atoms with van der Waals surface area (Å²) in [4.78, 5) is 11.9. The Morgan fingerprint density at radius 3 is 2.84 bits per heavy atom. The van der Waals surface area contributed by atoms with E-state index >= 15 is 0 Å². The van der Waals surface area contributed by atoms with Gasteiger partial charge in [0.1, 0.15) is 0 Å². The van der Waals surface area contributed by atoms with E-state index in [9.17, 15) is 4.79 Å². The second kappa shape index (κ2) is 8.18. The highest BCUT2D eigenvalue weighted by Crippen LogP contribution is 2.12. The van der Waals surface area contributed by atoms with Crippen LogP contribution in [0.15, 0.2) is 24.3 Å². The minimum atomic E-state index is -0.401. The lowest BCUT2D eigenvalue weighted by atomic mass is 10.1. The topological polar surface area (TPSA) is 55.1 Å². The molecule has 0 saturated heterocycles. The monoisotopic (exact) mass is 282 g/mol. The molecule has 1 unspecified atom stereocenters. The molecule has 1 aromatic carbocycles. The standard InChI is InChI=1S/C15H23ClN2O/c1-3-4-8-14(17)15(19)18-11(2)9-12-6-5-7-13(16)10-12/h5-7,10-11,14H,3-4,8-9,17H2,1-2H3,(H,18,19)/t11?,14-/m0/s1. The fourth-order valence-corrected chi connectivity index (χ4v) is 2.19. The maximum atomic E-state index is 11.9. The Balaban J connectivity index is 2.42. The summed E-state index contributed by atoms with van der Waals surface area (Å²) in [5.41, 5.74) is 6.95. The third kappa shape index (κ3) is 6.08. The molecule has 0 heterocycles. The second-order valence-electron chi connectivity index (χ2n) is 4.99. The summed E-state index contributed by atoms with van der Waals surface area (Å²) in [5.74, 6) is -0.0667. The van der Waals surface area contributed by atoms with Crippen molar-refractivity contribution in [3.63, 3.8) is 0 Å². The van der Waals surface area contributed by atoms with Crippen molar-refractivity contribution in [3.05, 3.63) is 34.9 Å². The van der Waals surface area contributed by atoms with Gasteiger partial charge in [0.25, 0.3) is 0 Å². The summed E-state index contributed by atoms with van der Waals surface area (Å²) in [6.45, 7) is 4.07. The quantitative estimate of drug-likeness (QED) is 0.808. The van der Waals surface area contributed by atoms with Gasteiger partial charge in [0.15, 0.2) is 0 Å². The van der Waals surface area contributed by atoms with Crippen LogP contribution in [0, 0.1) is 0 Å². The van der Waals surface area contributed by atoms with E-state index in [2.05, 4.69) is 12.2 Å². The van der Waals surface area contributed by atoms with Gasteiger partial charge in [0, 0.05) is 11.1 Å². The number of amides is 1. The van der Waals surface area contributed by atoms with E-state index in [-0.39, 0.29) is 11.9 Å². The van der Waals surface area contributed by atoms with Crippen LogP contribution in [0.4, 0.5) is 0 Å². The SMILES string of the molecule is CCCC[C@H](N)C(=O)NC(C)Cc1cccc(Cl)c1. The highest BCUT2D eigenvalue weighted by molar-refractivity contribution is 6.30. The fraction of sp³-hybridized carbons (Fsp3) is 0.533. The zero-order valence-corrected chi connectivity index (χ0v) is 12.4. The maximum Gasteiger partial charge on any atom is 0.237 e. The first kappa shape index (κ1) is 16.0. The molecule has 0 fully saturated rings. The van der Waals surface area contributed by atoms with Gasteiger partial charge in [0.05, 0.1) is 6.04 Å². The van der Waals surface area contributed by atoms with Crippen LogP contribution in [-0.2, 0) is 11.2 Å². The molecule has 1 amide bonds. The average Bonchev–Trinajstić information content (AvgIpc) is 2.35. The van der Waals surface area contributed by atoms with E-state index in [1.165, 1.54) is 0 Å². The number of nitrogens with two attached hydrogens (primary N) is 1. The largest absolute Gasteiger partial charge is 0.352 e. The van der Waals surface area contributed by atoms with E-state index in [0.717, 1.165) is 36.3 Å². The Kier molecular flexibility index (Phi) is 6.89. The first-order valence-corrected chi connectivity index (χ1v) is 7.21. The summed E-state index contributed by atoms with van der Waals surface area (Å²) in [6.07, 6.45) is 3.54. The van der Waals surface area contributed by atoms with Crippen molar-refractivity contribution in [2.24, 2.45) is 5.73 Å². The van der Waals surface area contributed by atoms with Gasteiger partial charge in [0.2, 0.25) is 5.91 Å². The van der Waals surface area contributed by atoms with E-state index < -0.39 is 6.04 Å². The van der Waals surface area contributed by atoms with Gasteiger partial charge in [-0.05, 0) is 37.5 Å². The Labute approximate surface area is 120 Å². The van der Waals surface area contributed by atoms with Crippen molar-refractivity contribution in [2.45, 2.75) is 51.6 Å². The number of carbonyl (C=O) groups excluding carboxylic acids is 1. The highest BCUT2D eigenvalue weighted by Gasteiger charge is 2.15. The summed E-state index contributed by atoms with van der Waals surface area (Å²) >= 11 is 5.93. The molecule has 2 atom stereocenters. The van der Waals surface area contributed by atoms with Gasteiger partial charge in [-0.3, -0.25) is 4.79 Å². The second-order valence-corrected chi connectivity index (χ2v) is 5.43. The number of benzene rings is 1. The minimum Gasteiger partial charge on any atom is -0.352 e. The highest BCUT2D eigenvalue weighted by atomic mass is 35.5. The van der Waals surface area contributed by atoms with Crippen LogP contribution in [0.2, 0.25) is 5.02 Å². The Bertz CT molecular complexity index is 409. The predicted molar refractivity (Wildman–Crippen MR) is 80.3 cm³/mol. The summed E-state index contributed by atoms with van der Waals surface area (Å²) < 4.78 is 0. The van der Waals surface area contributed by atoms with Gasteiger partial charge in [-0.2, -0.15) is 0 Å². The lowest BCUT2D eigenvalue weighted by Gasteiger charge is -2.17. The van der Waals surface area contributed by atoms with Gasteiger partial charge in [-0.15, -0.1) is 0 Å². The first-order valence-electron chi connectivity index (χ1n) is 6.83. The summed E-state index contributed by atoms with van der Waals surface area (Å²) in [5, 5.41) is 3.67. The number of rotatable bonds is 7. The summed E-state index contributed by atoms with van der Waals surface area (Å²) in [6, 6.07) is 7.33. The normalized spacial score (nSPS) is 13.9. The number of nitrogens with one attached hydrogen (secondary N) is 1. The lowest BCUT2D eigenvalue weighted by molar-refractivity contribution is -0.123. The van der Waals surface area contributed by atoms with Gasteiger partial charge < -0.3 is 11.1 Å². The third-order valence-electron chi connectivity index (χ3n) is 3.03. The van der Waals surface area contributed by atoms with Crippen molar-refractivity contribution < 1.29 is 4.79 Å². The van der Waals surface area contributed by atoms with Crippen LogP contribution in [-0.4, -0.2) is 18.0 Å². The van der Waals surface area contributed by atoms with Crippen molar-refractivity contribution in [1.29, 1.82) is 0 Å². The van der Waals surface area contributed by atoms with E-state index in [1.807, 2.05) is 31.2 Å². The van der Waals surface area contributed by atoms with Crippen LogP contribution in [0.5, 0.6) is 0 Å². The van der Waals surface area contributed by atoms with E-state index in [0.29, 0.717) is 0 Å². The van der Waals surface area contributed by atoms with Crippen LogP contribution < -0.4 is 11.1 Å². The molecular weight excluding hydrogens is 260 g/mol. The van der Waals surface area contributed by atoms with Gasteiger partial charge >= 0.3 is 0 Å². The Hall–Kier alpha value is -1.06. The molecule has 1 aromatic rings. The molecule has 0 aliphatic heterocycles. The molecule has 1 rings (SSSR count). The molecule has 0 aliphatic carbocycles. The number of hydrogen-bond acceptors (Lipinski definition) is 2. The molecule has 0 radical (unpaired) electrons. The fourth-order valence-electron chi connectivity index (χ4n) is 1.97. The van der Waals surface area contributed by atoms with Gasteiger partial charge in [-0.25, -0.2) is 0 Å². The smallest absolute Gasteiger partial charge is 0.237 e. The number of unbranched alkanes of at least 4 members (excludes halogenated alkanes) is 1. The van der Waals surface area contributed by atoms with Crippen molar-refractivity contribution in [3.8, 4) is 0 Å². The molecule has 0 saturated carbocycles. The molecule has 19 heavy (non-hydrogen) atoms. The number of halogens is 1. The van der Waals surface area contributed by atoms with Crippen LogP contribution in [0.1, 0.15) is 38.7 Å². The molecule has 0 aromatic heterocycles. The van der Waals surface area contributed by atoms with E-state index in [1.54, 1.807) is 0 Å². The molecule has 106 valence electrons. The third-order valence-corrected chi connectivity index (χ3v) is 3.26. The lowest BCUT2D eigenvalue weighted by Crippen LogP contribution is -2.45. The van der Waals surface area contributed by atoms with Crippen LogP contribution in [0.3, 0.4) is 0 Å². The van der Waals surface area contributed by atoms with Crippen LogP contribution in [0.25, 0.3) is 0 Å². The molecular formula is C15H23ClN2O. The maximum absolute atomic E-state index is 11.9. The Morgan fingerprint density at radius 1 is 1.47 bits per heavy atom. The molecule has 0 spiro atoms. The number of hydrogen-bond donors (Lipinski definition) is 2. The first-order chi connectivity index (χ1) is 9.02. The molecule has 3 nitrogen and oxygen atoms in total. The van der Waals surface area contributed by atoms with E-state index in [4.69, 9.17) is 17.3 Å². The van der Waals surface area contributed by atoms with Crippen molar-refractivity contribution >= 4 is 17.5 Å². The molecule has 4 heteroatoms. The molecule has 3 N–H and O–H groups in total. The average molecular weight is 283 g/mol. The number of carbonyl (C=O) groups is 1. The predicted octanol–water partition coefficient (Wildman–Crippen LogP) is 2.90. The van der Waals surface area contributed by atoms with Crippen LogP contribution >= 0.6 is 11.6 Å². The van der Waals surface area contributed by atoms with Gasteiger partial charge in [-0.1, -0.05) is 43.5 Å². The Morgan fingerprint density at radius 2 is 2.21 bits per heavy atom.